The maximum absolute atomic E-state index is 5.67. The zero-order chi connectivity index (χ0) is 13.5. The summed E-state index contributed by atoms with van der Waals surface area (Å²) >= 11 is 0. The highest BCUT2D eigenvalue weighted by Crippen LogP contribution is 2.24. The predicted octanol–water partition coefficient (Wildman–Crippen LogP) is 1.86. The second-order valence-electron chi connectivity index (χ2n) is 5.22. The fourth-order valence-corrected chi connectivity index (χ4v) is 2.61. The SMILES string of the molecule is CCCNc1cc(N2CCCC(CCN)C2)ncn1. The summed E-state index contributed by atoms with van der Waals surface area (Å²) in [5.74, 6) is 2.67. The molecule has 2 rings (SSSR count). The quantitative estimate of drug-likeness (QED) is 0.820. The Morgan fingerprint density at radius 3 is 3.16 bits per heavy atom. The molecule has 1 atom stereocenters. The van der Waals surface area contributed by atoms with Crippen LogP contribution >= 0.6 is 0 Å². The van der Waals surface area contributed by atoms with Crippen molar-refractivity contribution in [2.75, 3.05) is 36.4 Å². The number of hydrogen-bond donors (Lipinski definition) is 2. The molecule has 19 heavy (non-hydrogen) atoms. The standard InChI is InChI=1S/C14H25N5/c1-2-7-16-13-9-14(18-11-17-13)19-8-3-4-12(10-19)5-6-15/h9,11-12H,2-8,10,15H2,1H3,(H,16,17,18). The van der Waals surface area contributed by atoms with Gasteiger partial charge in [-0.3, -0.25) is 0 Å². The Bertz CT molecular complexity index is 380. The predicted molar refractivity (Wildman–Crippen MR) is 79.4 cm³/mol. The van der Waals surface area contributed by atoms with E-state index >= 15 is 0 Å². The molecule has 0 bridgehead atoms. The van der Waals surface area contributed by atoms with Gasteiger partial charge in [-0.2, -0.15) is 0 Å². The lowest BCUT2D eigenvalue weighted by Crippen LogP contribution is -2.36. The number of anilines is 2. The summed E-state index contributed by atoms with van der Waals surface area (Å²) in [7, 11) is 0. The number of hydrogen-bond acceptors (Lipinski definition) is 5. The van der Waals surface area contributed by atoms with Gasteiger partial charge in [0.05, 0.1) is 0 Å². The monoisotopic (exact) mass is 263 g/mol. The smallest absolute Gasteiger partial charge is 0.134 e. The fraction of sp³-hybridized carbons (Fsp3) is 0.714. The van der Waals surface area contributed by atoms with Crippen LogP contribution in [0.5, 0.6) is 0 Å². The first-order valence-corrected chi connectivity index (χ1v) is 7.34. The molecule has 5 nitrogen and oxygen atoms in total. The molecule has 1 aromatic rings. The number of nitrogens with one attached hydrogen (secondary N) is 1. The molecule has 0 saturated carbocycles. The average molecular weight is 263 g/mol. The van der Waals surface area contributed by atoms with E-state index in [1.165, 1.54) is 12.8 Å². The van der Waals surface area contributed by atoms with E-state index in [4.69, 9.17) is 5.73 Å². The van der Waals surface area contributed by atoms with Crippen LogP contribution in [0.15, 0.2) is 12.4 Å². The van der Waals surface area contributed by atoms with Crippen LogP contribution in [0.1, 0.15) is 32.6 Å². The fourth-order valence-electron chi connectivity index (χ4n) is 2.61. The van der Waals surface area contributed by atoms with Crippen LogP contribution in [0.25, 0.3) is 0 Å². The number of rotatable bonds is 6. The van der Waals surface area contributed by atoms with Gasteiger partial charge >= 0.3 is 0 Å². The summed E-state index contributed by atoms with van der Waals surface area (Å²) in [4.78, 5) is 11.0. The number of nitrogens with two attached hydrogens (primary N) is 1. The minimum absolute atomic E-state index is 0.709. The molecular weight excluding hydrogens is 238 g/mol. The van der Waals surface area contributed by atoms with Crippen molar-refractivity contribution < 1.29 is 0 Å². The van der Waals surface area contributed by atoms with E-state index in [0.29, 0.717) is 5.92 Å². The van der Waals surface area contributed by atoms with Crippen molar-refractivity contribution in [3.8, 4) is 0 Å². The number of aromatic nitrogens is 2. The largest absolute Gasteiger partial charge is 0.370 e. The number of nitrogens with zero attached hydrogens (tertiary/aromatic N) is 3. The van der Waals surface area contributed by atoms with Crippen molar-refractivity contribution >= 4 is 11.6 Å². The molecule has 0 amide bonds. The lowest BCUT2D eigenvalue weighted by atomic mass is 9.95. The van der Waals surface area contributed by atoms with Crippen LogP contribution in [0.3, 0.4) is 0 Å². The van der Waals surface area contributed by atoms with Crippen LogP contribution in [0, 0.1) is 5.92 Å². The van der Waals surface area contributed by atoms with Gasteiger partial charge in [0.15, 0.2) is 0 Å². The van der Waals surface area contributed by atoms with E-state index in [1.807, 2.05) is 0 Å². The summed E-state index contributed by atoms with van der Waals surface area (Å²) < 4.78 is 0. The maximum Gasteiger partial charge on any atom is 0.134 e. The third kappa shape index (κ3) is 4.06. The summed E-state index contributed by atoms with van der Waals surface area (Å²) in [6, 6.07) is 2.06. The first kappa shape index (κ1) is 14.1. The highest BCUT2D eigenvalue weighted by atomic mass is 15.2. The molecule has 0 aromatic carbocycles. The molecular formula is C14H25N5. The molecule has 1 aromatic heterocycles. The van der Waals surface area contributed by atoms with Crippen molar-refractivity contribution in [2.24, 2.45) is 11.7 Å². The molecule has 2 heterocycles. The molecule has 1 unspecified atom stereocenters. The van der Waals surface area contributed by atoms with E-state index in [-0.39, 0.29) is 0 Å². The van der Waals surface area contributed by atoms with Gasteiger partial charge < -0.3 is 16.0 Å². The third-order valence-corrected chi connectivity index (χ3v) is 3.63. The Balaban J connectivity index is 1.99. The third-order valence-electron chi connectivity index (χ3n) is 3.63. The molecule has 0 aliphatic carbocycles. The lowest BCUT2D eigenvalue weighted by Gasteiger charge is -2.33. The highest BCUT2D eigenvalue weighted by molar-refractivity contribution is 5.48. The van der Waals surface area contributed by atoms with Gasteiger partial charge in [0, 0.05) is 25.7 Å². The second-order valence-corrected chi connectivity index (χ2v) is 5.22. The van der Waals surface area contributed by atoms with Gasteiger partial charge in [-0.1, -0.05) is 6.92 Å². The van der Waals surface area contributed by atoms with E-state index in [9.17, 15) is 0 Å². The van der Waals surface area contributed by atoms with Gasteiger partial charge in [0.2, 0.25) is 0 Å². The maximum atomic E-state index is 5.67. The molecule has 0 spiro atoms. The van der Waals surface area contributed by atoms with E-state index in [0.717, 1.165) is 50.7 Å². The minimum atomic E-state index is 0.709. The summed E-state index contributed by atoms with van der Waals surface area (Å²) in [6.45, 7) is 6.04. The lowest BCUT2D eigenvalue weighted by molar-refractivity contribution is 0.394. The first-order valence-electron chi connectivity index (χ1n) is 7.34. The normalized spacial score (nSPS) is 19.5. The van der Waals surface area contributed by atoms with Crippen LogP contribution in [-0.2, 0) is 0 Å². The minimum Gasteiger partial charge on any atom is -0.370 e. The van der Waals surface area contributed by atoms with Crippen molar-refractivity contribution in [1.29, 1.82) is 0 Å². The zero-order valence-corrected chi connectivity index (χ0v) is 11.8. The molecule has 3 N–H and O–H groups in total. The molecule has 1 saturated heterocycles. The molecule has 1 aliphatic heterocycles. The van der Waals surface area contributed by atoms with Crippen LogP contribution in [0.4, 0.5) is 11.6 Å². The topological polar surface area (TPSA) is 67.1 Å². The van der Waals surface area contributed by atoms with E-state index < -0.39 is 0 Å². The molecule has 1 fully saturated rings. The Morgan fingerprint density at radius 2 is 2.37 bits per heavy atom. The van der Waals surface area contributed by atoms with E-state index in [1.54, 1.807) is 6.33 Å². The van der Waals surface area contributed by atoms with Gasteiger partial charge in [0.25, 0.3) is 0 Å². The zero-order valence-electron chi connectivity index (χ0n) is 11.8. The first-order chi connectivity index (χ1) is 9.33. The highest BCUT2D eigenvalue weighted by Gasteiger charge is 2.20. The van der Waals surface area contributed by atoms with Gasteiger partial charge in [-0.05, 0) is 38.1 Å². The second kappa shape index (κ2) is 7.28. The Labute approximate surface area is 115 Å². The van der Waals surface area contributed by atoms with Crippen molar-refractivity contribution in [3.05, 3.63) is 12.4 Å². The van der Waals surface area contributed by atoms with Gasteiger partial charge in [-0.25, -0.2) is 9.97 Å². The average Bonchev–Trinajstić information content (AvgIpc) is 2.46. The molecule has 106 valence electrons. The summed E-state index contributed by atoms with van der Waals surface area (Å²) in [5, 5.41) is 3.31. The Kier molecular flexibility index (Phi) is 5.39. The van der Waals surface area contributed by atoms with E-state index in [2.05, 4.69) is 33.2 Å². The molecule has 5 heteroatoms. The molecule has 0 radical (unpaired) electrons. The summed E-state index contributed by atoms with van der Waals surface area (Å²) in [6.07, 6.45) is 6.39. The van der Waals surface area contributed by atoms with Gasteiger partial charge in [0.1, 0.15) is 18.0 Å². The van der Waals surface area contributed by atoms with Crippen molar-refractivity contribution in [3.63, 3.8) is 0 Å². The number of piperidine rings is 1. The van der Waals surface area contributed by atoms with Crippen LogP contribution < -0.4 is 16.0 Å². The van der Waals surface area contributed by atoms with Crippen LogP contribution in [-0.4, -0.2) is 36.1 Å². The summed E-state index contributed by atoms with van der Waals surface area (Å²) in [5.41, 5.74) is 5.67. The Hall–Kier alpha value is -1.36. The van der Waals surface area contributed by atoms with Crippen molar-refractivity contribution in [2.45, 2.75) is 32.6 Å². The van der Waals surface area contributed by atoms with Crippen molar-refractivity contribution in [1.82, 2.24) is 9.97 Å². The Morgan fingerprint density at radius 1 is 1.47 bits per heavy atom. The molecule has 1 aliphatic rings. The van der Waals surface area contributed by atoms with Gasteiger partial charge in [-0.15, -0.1) is 0 Å². The van der Waals surface area contributed by atoms with Crippen LogP contribution in [0.2, 0.25) is 0 Å².